The number of aryl methyl sites for hydroxylation is 2. The number of carboxylic acids is 1. The van der Waals surface area contributed by atoms with E-state index < -0.39 is 5.97 Å². The predicted molar refractivity (Wildman–Crippen MR) is 106 cm³/mol. The number of carboxylic acid groups (broad SMARTS) is 1. The largest absolute Gasteiger partial charge is 0.493 e. The molecule has 6 heteroatoms. The van der Waals surface area contributed by atoms with Crippen molar-refractivity contribution < 1.29 is 24.1 Å². The van der Waals surface area contributed by atoms with E-state index in [1.807, 2.05) is 26.8 Å². The maximum absolute atomic E-state index is 11.0. The first-order valence-electron chi connectivity index (χ1n) is 8.73. The number of ether oxygens (including phenoxy) is 3. The second kappa shape index (κ2) is 9.47. The molecule has 0 spiro atoms. The van der Waals surface area contributed by atoms with E-state index in [2.05, 4.69) is 6.07 Å². The molecule has 146 valence electrons. The zero-order valence-corrected chi connectivity index (χ0v) is 16.4. The topological polar surface area (TPSA) is 88.8 Å². The molecule has 2 rings (SSSR count). The third-order valence-corrected chi connectivity index (χ3v) is 4.31. The van der Waals surface area contributed by atoms with Crippen molar-refractivity contribution in [1.29, 1.82) is 5.26 Å². The van der Waals surface area contributed by atoms with Crippen LogP contribution in [-0.4, -0.2) is 31.4 Å². The molecule has 0 saturated carbocycles. The molecular weight excluding hydrogens is 358 g/mol. The molecule has 2 aromatic carbocycles. The average molecular weight is 381 g/mol. The van der Waals surface area contributed by atoms with Gasteiger partial charge in [-0.25, -0.2) is 4.79 Å². The molecule has 0 bridgehead atoms. The summed E-state index contributed by atoms with van der Waals surface area (Å²) in [5, 5.41) is 17.9. The lowest BCUT2D eigenvalue weighted by Gasteiger charge is -2.15. The second-order valence-electron chi connectivity index (χ2n) is 6.24. The summed E-state index contributed by atoms with van der Waals surface area (Å²) in [6.45, 7) is 6.67. The first kappa shape index (κ1) is 20.8. The van der Waals surface area contributed by atoms with Gasteiger partial charge >= 0.3 is 5.97 Å². The third kappa shape index (κ3) is 5.04. The van der Waals surface area contributed by atoms with E-state index in [1.54, 1.807) is 24.3 Å². The van der Waals surface area contributed by atoms with Gasteiger partial charge in [0, 0.05) is 0 Å². The van der Waals surface area contributed by atoms with Crippen molar-refractivity contribution in [3.05, 3.63) is 58.2 Å². The molecule has 0 aliphatic rings. The van der Waals surface area contributed by atoms with Crippen LogP contribution in [0.15, 0.2) is 35.9 Å². The van der Waals surface area contributed by atoms with Gasteiger partial charge in [0.25, 0.3) is 0 Å². The lowest BCUT2D eigenvalue weighted by molar-refractivity contribution is -0.132. The Bertz CT molecular complexity index is 941. The molecule has 0 aromatic heterocycles. The van der Waals surface area contributed by atoms with Crippen LogP contribution in [0.4, 0.5) is 0 Å². The zero-order valence-electron chi connectivity index (χ0n) is 16.4. The van der Waals surface area contributed by atoms with Crippen molar-refractivity contribution in [2.24, 2.45) is 0 Å². The highest BCUT2D eigenvalue weighted by atomic mass is 16.5. The fourth-order valence-corrected chi connectivity index (χ4v) is 2.65. The predicted octanol–water partition coefficient (Wildman–Crippen LogP) is 4.07. The normalized spacial score (nSPS) is 10.9. The number of hydrogen-bond acceptors (Lipinski definition) is 5. The van der Waals surface area contributed by atoms with Crippen LogP contribution in [0.25, 0.3) is 6.08 Å². The molecule has 0 unspecified atom stereocenters. The van der Waals surface area contributed by atoms with Gasteiger partial charge in [0.15, 0.2) is 11.5 Å². The minimum atomic E-state index is -1.28. The molecule has 0 fully saturated rings. The summed E-state index contributed by atoms with van der Waals surface area (Å²) in [5.74, 6) is 0.527. The number of methoxy groups -OCH3 is 1. The van der Waals surface area contributed by atoms with Crippen LogP contribution in [-0.2, 0) is 4.79 Å². The quantitative estimate of drug-likeness (QED) is 0.421. The highest BCUT2D eigenvalue weighted by molar-refractivity contribution is 5.96. The minimum absolute atomic E-state index is 0.278. The van der Waals surface area contributed by atoms with Crippen molar-refractivity contribution in [2.45, 2.75) is 20.8 Å². The Balaban J connectivity index is 2.10. The Hall–Kier alpha value is -3.46. The lowest BCUT2D eigenvalue weighted by Crippen LogP contribution is -2.11. The Morgan fingerprint density at radius 1 is 1.07 bits per heavy atom. The molecule has 2 aromatic rings. The summed E-state index contributed by atoms with van der Waals surface area (Å²) >= 11 is 0. The number of carbonyl (C=O) groups is 1. The van der Waals surface area contributed by atoms with Gasteiger partial charge in [-0.1, -0.05) is 18.2 Å². The van der Waals surface area contributed by atoms with Crippen molar-refractivity contribution in [2.75, 3.05) is 20.3 Å². The molecule has 0 saturated heterocycles. The number of rotatable bonds is 8. The lowest BCUT2D eigenvalue weighted by atomic mass is 10.1. The van der Waals surface area contributed by atoms with Crippen LogP contribution in [0.3, 0.4) is 0 Å². The highest BCUT2D eigenvalue weighted by Gasteiger charge is 2.10. The van der Waals surface area contributed by atoms with E-state index in [9.17, 15) is 4.79 Å². The molecule has 0 aliphatic carbocycles. The molecule has 0 aliphatic heterocycles. The monoisotopic (exact) mass is 381 g/mol. The van der Waals surface area contributed by atoms with E-state index in [-0.39, 0.29) is 12.2 Å². The number of benzene rings is 2. The molecule has 0 radical (unpaired) electrons. The number of hydrogen-bond donors (Lipinski definition) is 1. The van der Waals surface area contributed by atoms with Crippen molar-refractivity contribution >= 4 is 12.0 Å². The summed E-state index contributed by atoms with van der Waals surface area (Å²) in [7, 11) is 1.52. The Morgan fingerprint density at radius 2 is 1.75 bits per heavy atom. The van der Waals surface area contributed by atoms with Crippen molar-refractivity contribution in [3.8, 4) is 23.3 Å². The molecule has 0 heterocycles. The van der Waals surface area contributed by atoms with Gasteiger partial charge in [-0.15, -0.1) is 0 Å². The van der Waals surface area contributed by atoms with E-state index in [1.165, 1.54) is 13.2 Å². The van der Waals surface area contributed by atoms with Gasteiger partial charge in [0.1, 0.15) is 30.6 Å². The summed E-state index contributed by atoms with van der Waals surface area (Å²) in [5.41, 5.74) is 3.49. The van der Waals surface area contributed by atoms with Gasteiger partial charge in [-0.3, -0.25) is 0 Å². The van der Waals surface area contributed by atoms with Crippen molar-refractivity contribution in [1.82, 2.24) is 0 Å². The summed E-state index contributed by atoms with van der Waals surface area (Å²) in [6, 6.07) is 10.7. The molecule has 28 heavy (non-hydrogen) atoms. The van der Waals surface area contributed by atoms with Gasteiger partial charge in [-0.2, -0.15) is 5.26 Å². The van der Waals surface area contributed by atoms with E-state index in [0.29, 0.717) is 23.7 Å². The zero-order chi connectivity index (χ0) is 20.7. The Labute approximate surface area is 164 Å². The highest BCUT2D eigenvalue weighted by Crippen LogP contribution is 2.29. The average Bonchev–Trinajstić information content (AvgIpc) is 2.68. The Kier molecular flexibility index (Phi) is 7.05. The Morgan fingerprint density at radius 3 is 2.39 bits per heavy atom. The van der Waals surface area contributed by atoms with Gasteiger partial charge in [0.05, 0.1) is 7.11 Å². The molecule has 0 atom stereocenters. The summed E-state index contributed by atoms with van der Waals surface area (Å²) in [6.07, 6.45) is 1.28. The maximum Gasteiger partial charge on any atom is 0.346 e. The SMILES string of the molecule is COc1ccc(C=C(C#N)C(=O)O)cc1OCCOc1c(C)ccc(C)c1C. The van der Waals surface area contributed by atoms with E-state index >= 15 is 0 Å². The maximum atomic E-state index is 11.0. The fraction of sp³-hybridized carbons (Fsp3) is 0.273. The fourth-order valence-electron chi connectivity index (χ4n) is 2.65. The molecule has 1 N–H and O–H groups in total. The van der Waals surface area contributed by atoms with Crippen LogP contribution in [0, 0.1) is 32.1 Å². The van der Waals surface area contributed by atoms with Crippen LogP contribution in [0.2, 0.25) is 0 Å². The smallest absolute Gasteiger partial charge is 0.346 e. The summed E-state index contributed by atoms with van der Waals surface area (Å²) < 4.78 is 16.9. The number of nitriles is 1. The van der Waals surface area contributed by atoms with Crippen LogP contribution in [0.1, 0.15) is 22.3 Å². The molecule has 0 amide bonds. The first-order valence-corrected chi connectivity index (χ1v) is 8.73. The number of aliphatic carboxylic acids is 1. The first-order chi connectivity index (χ1) is 13.4. The standard InChI is InChI=1S/C22H23NO5/c1-14-5-6-15(2)21(16(14)3)28-10-9-27-20-12-17(7-8-19(20)26-4)11-18(13-23)22(24)25/h5-8,11-12H,9-10H2,1-4H3,(H,24,25). The molecule has 6 nitrogen and oxygen atoms in total. The van der Waals surface area contributed by atoms with Gasteiger partial charge in [-0.05, 0) is 61.2 Å². The van der Waals surface area contributed by atoms with Crippen LogP contribution < -0.4 is 14.2 Å². The van der Waals surface area contributed by atoms with Gasteiger partial charge in [0.2, 0.25) is 0 Å². The number of nitrogens with zero attached hydrogens (tertiary/aromatic N) is 1. The molecular formula is C22H23NO5. The summed E-state index contributed by atoms with van der Waals surface area (Å²) in [4.78, 5) is 11.0. The minimum Gasteiger partial charge on any atom is -0.493 e. The van der Waals surface area contributed by atoms with E-state index in [0.717, 1.165) is 22.4 Å². The van der Waals surface area contributed by atoms with E-state index in [4.69, 9.17) is 24.6 Å². The van der Waals surface area contributed by atoms with Crippen molar-refractivity contribution in [3.63, 3.8) is 0 Å². The van der Waals surface area contributed by atoms with Crippen LogP contribution in [0.5, 0.6) is 17.2 Å². The second-order valence-corrected chi connectivity index (χ2v) is 6.24. The third-order valence-electron chi connectivity index (χ3n) is 4.31. The van der Waals surface area contributed by atoms with Crippen LogP contribution >= 0.6 is 0 Å². The van der Waals surface area contributed by atoms with Gasteiger partial charge < -0.3 is 19.3 Å².